The summed E-state index contributed by atoms with van der Waals surface area (Å²) in [5.74, 6) is -2.93. The van der Waals surface area contributed by atoms with Crippen molar-refractivity contribution in [2.24, 2.45) is 0 Å². The molecule has 1 unspecified atom stereocenters. The molecular weight excluding hydrogens is 1410 g/mol. The van der Waals surface area contributed by atoms with Crippen LogP contribution in [-0.4, -0.2) is 95.6 Å². The van der Waals surface area contributed by atoms with Crippen LogP contribution in [0.1, 0.15) is 104 Å². The van der Waals surface area contributed by atoms with Gasteiger partial charge in [-0.05, 0) is 210 Å². The fourth-order valence-electron chi connectivity index (χ4n) is 11.4. The zero-order chi connectivity index (χ0) is 79.6. The van der Waals surface area contributed by atoms with E-state index in [-0.39, 0.29) is 161 Å². The first kappa shape index (κ1) is 81.0. The molecule has 13 N–H and O–H groups in total. The highest BCUT2D eigenvalue weighted by atomic mass is 16.4. The number of phenols is 11. The van der Waals surface area contributed by atoms with Crippen molar-refractivity contribution in [3.8, 4) is 103 Å². The molecule has 2 aliphatic rings. The summed E-state index contributed by atoms with van der Waals surface area (Å²) in [5, 5.41) is 125. The lowest BCUT2D eigenvalue weighted by Gasteiger charge is -2.20. The molecule has 9 aromatic carbocycles. The molecule has 0 saturated carbocycles. The number of ketones is 4. The third-order valence-corrected chi connectivity index (χ3v) is 16.7. The molecule has 0 aliphatic heterocycles. The Kier molecular flexibility index (Phi) is 25.4. The third kappa shape index (κ3) is 18.7. The van der Waals surface area contributed by atoms with Gasteiger partial charge in [0.2, 0.25) is 11.2 Å². The molecule has 560 valence electrons. The summed E-state index contributed by atoms with van der Waals surface area (Å²) in [6, 6.07) is 39.9. The van der Waals surface area contributed by atoms with Gasteiger partial charge in [0.1, 0.15) is 73.9 Å². The molecule has 3 aromatic heterocycles. The van der Waals surface area contributed by atoms with Crippen molar-refractivity contribution in [1.29, 1.82) is 0 Å². The fourth-order valence-corrected chi connectivity index (χ4v) is 11.4. The lowest BCUT2D eigenvalue weighted by atomic mass is 9.83. The van der Waals surface area contributed by atoms with E-state index in [1.807, 2.05) is 26.8 Å². The molecule has 2 aliphatic carbocycles. The summed E-state index contributed by atoms with van der Waals surface area (Å²) in [7, 11) is 0. The van der Waals surface area contributed by atoms with Crippen LogP contribution in [0.15, 0.2) is 233 Å². The quantitative estimate of drug-likeness (QED) is 0.0400. The number of Topliss-reactive ketones (excluding diaryl/α,β-unsaturated/α-hetero) is 1. The fraction of sp³-hybridized carbons (Fsp3) is 0.116. The van der Waals surface area contributed by atoms with Crippen molar-refractivity contribution in [2.75, 3.05) is 0 Å². The number of rotatable bonds is 7. The molecule has 0 spiro atoms. The molecule has 1 atom stereocenters. The van der Waals surface area contributed by atoms with Gasteiger partial charge in [-0.25, -0.2) is 4.85 Å². The van der Waals surface area contributed by atoms with Crippen molar-refractivity contribution >= 4 is 62.1 Å². The molecule has 24 nitrogen and oxygen atoms in total. The standard InChI is InChI=1S/C17H18O4.C16H12O6.C16H12O5.C16H12O4.C10H9NO.C10H6O3.CH4/c1-9(2)4-6-12(18)11-8-14(20)16-13(19)7-5-10(3)15(16)17(11)21;1-7-4-9(17)6-12-13(7)14(20)15(21)16(22-12)8-2-3-10(18)11(19)5-8;1-8-4-10(17)6-15-16(8)13(20)7-14(21-15)9-2-3-11(18)12(19)5-9;1-9-6-12(18)16-13(19)8-14(20-15(16)7-9)10-2-4-11(17)5-3-10;1-8(11-2)7-9-3-5-10(12)6-4-9;11-7-4-5-9(13)10-6(7)2-1-3-8(10)12;/h4-5,7-8,12,18-19H,6H2,1-3H3;2-6,17-19,21H,1H3;2-7,17-19H,1H3;2-8,17-18H,1H3;3-7,12H,1H3;1-5,12H;1H4/b;;;;8-7-;;. The highest BCUT2D eigenvalue weighted by molar-refractivity contribution is 6.26. The van der Waals surface area contributed by atoms with Crippen LogP contribution in [0.5, 0.6) is 69.0 Å². The first-order valence-corrected chi connectivity index (χ1v) is 32.9. The Labute approximate surface area is 626 Å². The molecule has 12 aromatic rings. The smallest absolute Gasteiger partial charge is 0.235 e. The van der Waals surface area contributed by atoms with Gasteiger partial charge in [0, 0.05) is 57.7 Å². The predicted molar refractivity (Wildman–Crippen MR) is 414 cm³/mol. The molecule has 0 fully saturated rings. The monoisotopic (exact) mass is 1490 g/mol. The summed E-state index contributed by atoms with van der Waals surface area (Å²) in [6.45, 7) is 19.1. The van der Waals surface area contributed by atoms with Gasteiger partial charge in [-0.1, -0.05) is 55.5 Å². The molecule has 24 heteroatoms. The second-order valence-electron chi connectivity index (χ2n) is 25.2. The maximum Gasteiger partial charge on any atom is 0.235 e. The number of allylic oxidation sites excluding steroid dienone is 5. The zero-order valence-corrected chi connectivity index (χ0v) is 59.1. The van der Waals surface area contributed by atoms with Crippen LogP contribution in [0.25, 0.3) is 77.8 Å². The van der Waals surface area contributed by atoms with Gasteiger partial charge in [0.25, 0.3) is 0 Å². The van der Waals surface area contributed by atoms with Crippen molar-refractivity contribution in [3.05, 3.63) is 297 Å². The Morgan fingerprint density at radius 1 is 0.455 bits per heavy atom. The number of aliphatic hydroxyl groups is 1. The van der Waals surface area contributed by atoms with Gasteiger partial charge in [0.05, 0.1) is 34.6 Å². The maximum absolute atomic E-state index is 12.5. The number of fused-ring (bicyclic) bond motifs is 5. The topological polar surface area (TPSA) is 426 Å². The molecule has 0 amide bonds. The number of hydrogen-bond acceptors (Lipinski definition) is 23. The number of nitrogens with zero attached hydrogens (tertiary/aromatic N) is 1. The number of hydrogen-bond donors (Lipinski definition) is 13. The Bertz CT molecular complexity index is 6000. The minimum atomic E-state index is -1.02. The van der Waals surface area contributed by atoms with Crippen LogP contribution in [0.4, 0.5) is 0 Å². The number of carbonyl (C=O) groups excluding carboxylic acids is 4. The summed E-state index contributed by atoms with van der Waals surface area (Å²) in [6.07, 6.45) is 6.36. The number of aliphatic hydroxyl groups excluding tert-OH is 1. The van der Waals surface area contributed by atoms with Gasteiger partial charge >= 0.3 is 0 Å². The lowest BCUT2D eigenvalue weighted by Crippen LogP contribution is -2.25. The molecular formula is C86H73NO23. The van der Waals surface area contributed by atoms with E-state index in [2.05, 4.69) is 4.85 Å². The largest absolute Gasteiger partial charge is 0.508 e. The Balaban J connectivity index is 0.000000168. The van der Waals surface area contributed by atoms with E-state index in [4.69, 9.17) is 24.9 Å². The van der Waals surface area contributed by atoms with Gasteiger partial charge in [-0.15, -0.1) is 0 Å². The van der Waals surface area contributed by atoms with Crippen LogP contribution in [0.2, 0.25) is 0 Å². The minimum absolute atomic E-state index is 0. The number of carbonyl (C=O) groups is 4. The normalized spacial score (nSPS) is 12.1. The summed E-state index contributed by atoms with van der Waals surface area (Å²) < 4.78 is 16.8. The van der Waals surface area contributed by atoms with Crippen LogP contribution < -0.4 is 16.3 Å². The minimum Gasteiger partial charge on any atom is -0.508 e. The summed E-state index contributed by atoms with van der Waals surface area (Å²) in [5.41, 5.74) is 6.68. The average molecular weight is 1490 g/mol. The van der Waals surface area contributed by atoms with E-state index < -0.39 is 34.6 Å². The molecule has 0 bridgehead atoms. The SMILES string of the molecule is C.CC(C)=CCC(O)C1=CC(=O)c2c(O)ccc(C)c2C1=O.Cc1cc(O)c2c(=O)cc(-c3ccc(O)cc3)oc2c1.Cc1cc(O)cc2oc(-c3ccc(O)c(O)c3)c(O)c(=O)c12.Cc1cc(O)cc2oc(-c3ccc(O)c(O)c3)cc(=O)c12.O=C1C=CC(=O)c2c(O)cccc21.[C-]#[N+]/C(C)=C\c1ccc(O)cc1. The first-order valence-electron chi connectivity index (χ1n) is 32.9. The highest BCUT2D eigenvalue weighted by Gasteiger charge is 2.33. The number of benzene rings is 9. The van der Waals surface area contributed by atoms with Crippen LogP contribution in [0.3, 0.4) is 0 Å². The molecule has 3 heterocycles. The molecule has 0 saturated heterocycles. The number of aromatic hydroxyl groups is 12. The van der Waals surface area contributed by atoms with E-state index in [9.17, 15) is 94.8 Å². The van der Waals surface area contributed by atoms with E-state index in [1.165, 1.54) is 115 Å². The first-order chi connectivity index (χ1) is 51.6. The molecule has 110 heavy (non-hydrogen) atoms. The number of aryl methyl sites for hydroxylation is 4. The maximum atomic E-state index is 12.5. The van der Waals surface area contributed by atoms with Crippen LogP contribution in [0, 0.1) is 34.3 Å². The Hall–Kier alpha value is -14.7. The van der Waals surface area contributed by atoms with E-state index in [0.717, 1.165) is 28.8 Å². The predicted octanol–water partition coefficient (Wildman–Crippen LogP) is 16.0. The second kappa shape index (κ2) is 34.5. The lowest BCUT2D eigenvalue weighted by molar-refractivity contribution is 0.0945. The van der Waals surface area contributed by atoms with Gasteiger partial charge in [0.15, 0.2) is 68.4 Å². The van der Waals surface area contributed by atoms with E-state index in [0.29, 0.717) is 50.2 Å². The van der Waals surface area contributed by atoms with Crippen molar-refractivity contribution in [2.45, 2.75) is 68.4 Å². The van der Waals surface area contributed by atoms with Crippen molar-refractivity contribution in [3.63, 3.8) is 0 Å². The second-order valence-corrected chi connectivity index (χ2v) is 25.2. The molecule has 14 rings (SSSR count). The van der Waals surface area contributed by atoms with Crippen molar-refractivity contribution in [1.82, 2.24) is 0 Å². The van der Waals surface area contributed by atoms with Crippen LogP contribution >= 0.6 is 0 Å². The van der Waals surface area contributed by atoms with E-state index >= 15 is 0 Å². The van der Waals surface area contributed by atoms with Gasteiger partial charge in [-0.2, -0.15) is 0 Å². The summed E-state index contributed by atoms with van der Waals surface area (Å²) in [4.78, 5) is 87.0. The van der Waals surface area contributed by atoms with Gasteiger partial charge < -0.3 is 79.6 Å². The Morgan fingerprint density at radius 3 is 1.55 bits per heavy atom. The molecule has 0 radical (unpaired) electrons. The zero-order valence-electron chi connectivity index (χ0n) is 59.1. The Morgan fingerprint density at radius 2 is 0.964 bits per heavy atom. The third-order valence-electron chi connectivity index (χ3n) is 16.7. The van der Waals surface area contributed by atoms with E-state index in [1.54, 1.807) is 88.4 Å². The number of phenolic OH excluding ortho intramolecular Hbond substituents is 11. The average Bonchev–Trinajstić information content (AvgIpc) is 0.777. The van der Waals surface area contributed by atoms with Crippen molar-refractivity contribution < 1.29 is 98.8 Å². The summed E-state index contributed by atoms with van der Waals surface area (Å²) >= 11 is 0. The van der Waals surface area contributed by atoms with Gasteiger partial charge in [-0.3, -0.25) is 33.6 Å². The highest BCUT2D eigenvalue weighted by Crippen LogP contribution is 2.39. The van der Waals surface area contributed by atoms with Crippen LogP contribution in [-0.2, 0) is 0 Å².